The van der Waals surface area contributed by atoms with Crippen LogP contribution < -0.4 is 10.2 Å². The van der Waals surface area contributed by atoms with E-state index in [9.17, 15) is 13.2 Å². The summed E-state index contributed by atoms with van der Waals surface area (Å²) in [4.78, 5) is 15.1. The van der Waals surface area contributed by atoms with Crippen molar-refractivity contribution in [1.82, 2.24) is 9.62 Å². The molecular formula is C22H27N3O3S. The zero-order valence-electron chi connectivity index (χ0n) is 16.5. The summed E-state index contributed by atoms with van der Waals surface area (Å²) in [5, 5.41) is 2.91. The van der Waals surface area contributed by atoms with Gasteiger partial charge in [-0.15, -0.1) is 0 Å². The second-order valence-corrected chi connectivity index (χ2v) is 9.62. The van der Waals surface area contributed by atoms with E-state index in [0.29, 0.717) is 25.2 Å². The number of hydrogen-bond donors (Lipinski definition) is 1. The van der Waals surface area contributed by atoms with Gasteiger partial charge in [0.25, 0.3) is 5.91 Å². The molecule has 0 bridgehead atoms. The lowest BCUT2D eigenvalue weighted by Crippen LogP contribution is -2.28. The van der Waals surface area contributed by atoms with Crippen LogP contribution in [0.25, 0.3) is 0 Å². The average molecular weight is 414 g/mol. The molecule has 2 fully saturated rings. The summed E-state index contributed by atoms with van der Waals surface area (Å²) in [6.45, 7) is 3.80. The zero-order valence-corrected chi connectivity index (χ0v) is 17.3. The number of hydrogen-bond acceptors (Lipinski definition) is 4. The maximum absolute atomic E-state index is 12.6. The number of anilines is 1. The van der Waals surface area contributed by atoms with Gasteiger partial charge in [0, 0.05) is 44.0 Å². The summed E-state index contributed by atoms with van der Waals surface area (Å²) in [6.07, 6.45) is 4.29. The maximum Gasteiger partial charge on any atom is 0.251 e. The second kappa shape index (κ2) is 8.55. The number of nitrogens with one attached hydrogen (secondary N) is 1. The first-order valence-corrected chi connectivity index (χ1v) is 11.7. The highest BCUT2D eigenvalue weighted by atomic mass is 32.2. The lowest BCUT2D eigenvalue weighted by atomic mass is 10.1. The molecule has 4 rings (SSSR count). The fourth-order valence-electron chi connectivity index (χ4n) is 3.94. The zero-order chi connectivity index (χ0) is 20.3. The minimum atomic E-state index is -3.45. The van der Waals surface area contributed by atoms with Crippen LogP contribution in [0, 0.1) is 0 Å². The summed E-state index contributed by atoms with van der Waals surface area (Å²) < 4.78 is 26.6. The first-order valence-electron chi connectivity index (χ1n) is 10.3. The van der Waals surface area contributed by atoms with Crippen LogP contribution in [-0.2, 0) is 16.6 Å². The Morgan fingerprint density at radius 2 is 1.41 bits per heavy atom. The highest BCUT2D eigenvalue weighted by molar-refractivity contribution is 7.89. The van der Waals surface area contributed by atoms with E-state index in [4.69, 9.17) is 0 Å². The van der Waals surface area contributed by atoms with Crippen LogP contribution >= 0.6 is 0 Å². The van der Waals surface area contributed by atoms with Gasteiger partial charge in [-0.1, -0.05) is 12.1 Å². The molecule has 0 aliphatic carbocycles. The highest BCUT2D eigenvalue weighted by Crippen LogP contribution is 2.22. The minimum Gasteiger partial charge on any atom is -0.372 e. The molecule has 0 unspecified atom stereocenters. The number of rotatable bonds is 6. The molecule has 6 nitrogen and oxygen atoms in total. The molecule has 154 valence electrons. The van der Waals surface area contributed by atoms with E-state index in [1.54, 1.807) is 12.1 Å². The molecule has 0 radical (unpaired) electrons. The van der Waals surface area contributed by atoms with Gasteiger partial charge in [0.15, 0.2) is 0 Å². The first-order chi connectivity index (χ1) is 14.0. The van der Waals surface area contributed by atoms with Crippen molar-refractivity contribution in [2.24, 2.45) is 0 Å². The third-order valence-corrected chi connectivity index (χ3v) is 7.59. The van der Waals surface area contributed by atoms with E-state index in [-0.39, 0.29) is 10.8 Å². The quantitative estimate of drug-likeness (QED) is 0.790. The fourth-order valence-corrected chi connectivity index (χ4v) is 5.46. The van der Waals surface area contributed by atoms with Crippen molar-refractivity contribution in [3.63, 3.8) is 0 Å². The molecular weight excluding hydrogens is 386 g/mol. The Hall–Kier alpha value is -2.38. The number of carbonyl (C=O) groups excluding carboxylic acids is 1. The predicted octanol–water partition coefficient (Wildman–Crippen LogP) is 3.00. The van der Waals surface area contributed by atoms with E-state index in [0.717, 1.165) is 31.5 Å². The van der Waals surface area contributed by atoms with E-state index in [1.807, 2.05) is 12.1 Å². The third-order valence-electron chi connectivity index (χ3n) is 5.68. The van der Waals surface area contributed by atoms with Gasteiger partial charge in [0.1, 0.15) is 0 Å². The molecule has 2 aromatic rings. The molecule has 0 saturated carbocycles. The van der Waals surface area contributed by atoms with Gasteiger partial charge in [-0.2, -0.15) is 4.31 Å². The van der Waals surface area contributed by atoms with Crippen molar-refractivity contribution in [1.29, 1.82) is 0 Å². The predicted molar refractivity (Wildman–Crippen MR) is 113 cm³/mol. The first kappa shape index (κ1) is 19.9. The van der Waals surface area contributed by atoms with E-state index >= 15 is 0 Å². The van der Waals surface area contributed by atoms with Crippen LogP contribution in [-0.4, -0.2) is 44.8 Å². The molecule has 1 N–H and O–H groups in total. The Balaban J connectivity index is 1.35. The molecule has 2 saturated heterocycles. The molecule has 2 aliphatic heterocycles. The van der Waals surface area contributed by atoms with Crippen molar-refractivity contribution in [3.05, 3.63) is 59.7 Å². The molecule has 2 aromatic carbocycles. The number of carbonyl (C=O) groups is 1. The molecule has 0 atom stereocenters. The molecule has 7 heteroatoms. The Kier molecular flexibility index (Phi) is 5.87. The van der Waals surface area contributed by atoms with Gasteiger partial charge >= 0.3 is 0 Å². The molecule has 29 heavy (non-hydrogen) atoms. The molecule has 0 aromatic heterocycles. The van der Waals surface area contributed by atoms with Gasteiger partial charge in [0.05, 0.1) is 4.90 Å². The number of sulfonamides is 1. The largest absolute Gasteiger partial charge is 0.372 e. The molecule has 1 amide bonds. The Morgan fingerprint density at radius 3 is 2.03 bits per heavy atom. The number of benzene rings is 2. The van der Waals surface area contributed by atoms with E-state index < -0.39 is 10.0 Å². The Morgan fingerprint density at radius 1 is 0.828 bits per heavy atom. The SMILES string of the molecule is O=C(NCc1ccc(N2CCCC2)cc1)c1ccc(S(=O)(=O)N2CCCC2)cc1. The van der Waals surface area contributed by atoms with Crippen molar-refractivity contribution < 1.29 is 13.2 Å². The topological polar surface area (TPSA) is 69.7 Å². The normalized spacial score (nSPS) is 17.6. The highest BCUT2D eigenvalue weighted by Gasteiger charge is 2.27. The van der Waals surface area contributed by atoms with E-state index in [2.05, 4.69) is 22.3 Å². The van der Waals surface area contributed by atoms with Crippen molar-refractivity contribution >= 4 is 21.6 Å². The fraction of sp³-hybridized carbons (Fsp3) is 0.409. The lowest BCUT2D eigenvalue weighted by molar-refractivity contribution is 0.0951. The van der Waals surface area contributed by atoms with Gasteiger partial charge in [0.2, 0.25) is 10.0 Å². The van der Waals surface area contributed by atoms with Crippen molar-refractivity contribution in [3.8, 4) is 0 Å². The monoisotopic (exact) mass is 413 g/mol. The van der Waals surface area contributed by atoms with Crippen LogP contribution in [0.2, 0.25) is 0 Å². The van der Waals surface area contributed by atoms with Crippen LogP contribution in [0.4, 0.5) is 5.69 Å². The summed E-state index contributed by atoms with van der Waals surface area (Å²) >= 11 is 0. The average Bonchev–Trinajstić information content (AvgIpc) is 3.47. The minimum absolute atomic E-state index is 0.210. The third kappa shape index (κ3) is 4.46. The summed E-state index contributed by atoms with van der Waals surface area (Å²) in [6, 6.07) is 14.5. The number of amides is 1. The lowest BCUT2D eigenvalue weighted by Gasteiger charge is -2.17. The summed E-state index contributed by atoms with van der Waals surface area (Å²) in [7, 11) is -3.45. The van der Waals surface area contributed by atoms with Gasteiger partial charge in [-0.3, -0.25) is 4.79 Å². The Labute approximate surface area is 172 Å². The van der Waals surface area contributed by atoms with Gasteiger partial charge < -0.3 is 10.2 Å². The maximum atomic E-state index is 12.6. The number of nitrogens with zero attached hydrogens (tertiary/aromatic N) is 2. The molecule has 2 heterocycles. The van der Waals surface area contributed by atoms with Crippen LogP contribution in [0.1, 0.15) is 41.6 Å². The van der Waals surface area contributed by atoms with Gasteiger partial charge in [-0.25, -0.2) is 8.42 Å². The summed E-state index contributed by atoms with van der Waals surface area (Å²) in [5.74, 6) is -0.210. The molecule has 0 spiro atoms. The Bertz CT molecular complexity index is 944. The van der Waals surface area contributed by atoms with Crippen LogP contribution in [0.3, 0.4) is 0 Å². The van der Waals surface area contributed by atoms with E-state index in [1.165, 1.54) is 35.0 Å². The van der Waals surface area contributed by atoms with Crippen LogP contribution in [0.5, 0.6) is 0 Å². The van der Waals surface area contributed by atoms with Gasteiger partial charge in [-0.05, 0) is 67.6 Å². The molecule has 2 aliphatic rings. The van der Waals surface area contributed by atoms with Crippen molar-refractivity contribution in [2.45, 2.75) is 37.1 Å². The van der Waals surface area contributed by atoms with Crippen LogP contribution in [0.15, 0.2) is 53.4 Å². The standard InChI is InChI=1S/C22H27N3O3S/c26-22(23-17-18-5-9-20(10-6-18)24-13-1-2-14-24)19-7-11-21(12-8-19)29(27,28)25-15-3-4-16-25/h5-12H,1-4,13-17H2,(H,23,26). The second-order valence-electron chi connectivity index (χ2n) is 7.68. The summed E-state index contributed by atoms with van der Waals surface area (Å²) in [5.41, 5.74) is 2.72. The smallest absolute Gasteiger partial charge is 0.251 e. The van der Waals surface area contributed by atoms with Crippen molar-refractivity contribution in [2.75, 3.05) is 31.1 Å².